The molecule has 1 heterocycles. The first kappa shape index (κ1) is 5.22. The van der Waals surface area contributed by atoms with Crippen LogP contribution in [0, 0.1) is 0 Å². The largest absolute Gasteiger partial charge is 0.298 e. The second-order valence-corrected chi connectivity index (χ2v) is 1.65. The lowest BCUT2D eigenvalue weighted by molar-refractivity contribution is -0.104. The highest BCUT2D eigenvalue weighted by Gasteiger charge is 1.94. The summed E-state index contributed by atoms with van der Waals surface area (Å²) in [5.41, 5.74) is 0.847. The molecule has 1 aliphatic heterocycles. The Morgan fingerprint density at radius 1 is 1.75 bits per heavy atom. The fourth-order valence-corrected chi connectivity index (χ4v) is 0.594. The van der Waals surface area contributed by atoms with Crippen LogP contribution in [0.25, 0.3) is 0 Å². The molecular weight excluding hydrogens is 102 g/mol. The van der Waals surface area contributed by atoms with Crippen LogP contribution in [0.1, 0.15) is 6.42 Å². The molecule has 0 aromatic rings. The van der Waals surface area contributed by atoms with E-state index in [9.17, 15) is 4.79 Å². The molecule has 0 atom stereocenters. The molecule has 0 saturated heterocycles. The van der Waals surface area contributed by atoms with Gasteiger partial charge in [-0.3, -0.25) is 9.79 Å². The summed E-state index contributed by atoms with van der Waals surface area (Å²) >= 11 is 0. The standard InChI is InChI=1S/C6H7NO/c8-5-6-1-3-7-4-2-6/h1,4-5H,2-3H2. The molecule has 0 amide bonds. The van der Waals surface area contributed by atoms with E-state index in [-0.39, 0.29) is 0 Å². The van der Waals surface area contributed by atoms with Crippen LogP contribution in [0.15, 0.2) is 16.6 Å². The van der Waals surface area contributed by atoms with Gasteiger partial charge in [0.05, 0.1) is 6.54 Å². The number of rotatable bonds is 1. The van der Waals surface area contributed by atoms with Crippen LogP contribution in [-0.4, -0.2) is 19.0 Å². The van der Waals surface area contributed by atoms with Crippen LogP contribution in [0.3, 0.4) is 0 Å². The molecule has 1 rings (SSSR count). The maximum Gasteiger partial charge on any atom is 0.146 e. The van der Waals surface area contributed by atoms with E-state index in [1.807, 2.05) is 6.08 Å². The van der Waals surface area contributed by atoms with E-state index in [2.05, 4.69) is 4.99 Å². The molecule has 0 aromatic carbocycles. The minimum absolute atomic E-state index is 0.675. The molecule has 0 saturated carbocycles. The number of dihydropyridines is 1. The Labute approximate surface area is 47.9 Å². The van der Waals surface area contributed by atoms with Crippen molar-refractivity contribution in [3.8, 4) is 0 Å². The van der Waals surface area contributed by atoms with Crippen molar-refractivity contribution in [3.05, 3.63) is 11.6 Å². The van der Waals surface area contributed by atoms with Crippen molar-refractivity contribution in [3.63, 3.8) is 0 Å². The van der Waals surface area contributed by atoms with Crippen molar-refractivity contribution in [2.75, 3.05) is 6.54 Å². The minimum atomic E-state index is 0.675. The predicted octanol–water partition coefficient (Wildman–Crippen LogP) is 0.586. The zero-order valence-corrected chi connectivity index (χ0v) is 4.50. The minimum Gasteiger partial charge on any atom is -0.298 e. The molecule has 2 heteroatoms. The van der Waals surface area contributed by atoms with Gasteiger partial charge < -0.3 is 0 Å². The molecule has 8 heavy (non-hydrogen) atoms. The molecule has 0 N–H and O–H groups in total. The number of carbonyl (C=O) groups is 1. The summed E-state index contributed by atoms with van der Waals surface area (Å²) in [5.74, 6) is 0. The number of hydrogen-bond acceptors (Lipinski definition) is 2. The van der Waals surface area contributed by atoms with Gasteiger partial charge in [0.2, 0.25) is 0 Å². The first-order valence-electron chi connectivity index (χ1n) is 2.56. The number of nitrogens with zero attached hydrogens (tertiary/aromatic N) is 1. The number of carbonyl (C=O) groups excluding carboxylic acids is 1. The van der Waals surface area contributed by atoms with Gasteiger partial charge >= 0.3 is 0 Å². The van der Waals surface area contributed by atoms with Gasteiger partial charge in [-0.15, -0.1) is 0 Å². The van der Waals surface area contributed by atoms with Crippen molar-refractivity contribution in [2.45, 2.75) is 6.42 Å². The Bertz CT molecular complexity index is 147. The Morgan fingerprint density at radius 2 is 2.62 bits per heavy atom. The lowest BCUT2D eigenvalue weighted by atomic mass is 10.2. The molecule has 0 aromatic heterocycles. The van der Waals surface area contributed by atoms with E-state index in [1.165, 1.54) is 0 Å². The Morgan fingerprint density at radius 3 is 3.00 bits per heavy atom. The third kappa shape index (κ3) is 1.03. The first-order chi connectivity index (χ1) is 3.93. The first-order valence-corrected chi connectivity index (χ1v) is 2.56. The third-order valence-corrected chi connectivity index (χ3v) is 1.07. The maximum atomic E-state index is 10.0. The molecular formula is C6H7NO. The Balaban J connectivity index is 2.55. The summed E-state index contributed by atoms with van der Waals surface area (Å²) in [6.45, 7) is 0.675. The van der Waals surface area contributed by atoms with Crippen LogP contribution in [0.4, 0.5) is 0 Å². The second-order valence-electron chi connectivity index (χ2n) is 1.65. The van der Waals surface area contributed by atoms with Crippen LogP contribution >= 0.6 is 0 Å². The number of allylic oxidation sites excluding steroid dienone is 1. The zero-order valence-electron chi connectivity index (χ0n) is 4.50. The second kappa shape index (κ2) is 2.40. The number of aliphatic imine (C=N–C) groups is 1. The van der Waals surface area contributed by atoms with E-state index in [4.69, 9.17) is 0 Å². The molecule has 0 aliphatic carbocycles. The Hall–Kier alpha value is -0.920. The van der Waals surface area contributed by atoms with E-state index in [0.717, 1.165) is 11.9 Å². The molecule has 0 spiro atoms. The van der Waals surface area contributed by atoms with Gasteiger partial charge in [0.1, 0.15) is 6.29 Å². The molecule has 42 valence electrons. The van der Waals surface area contributed by atoms with Gasteiger partial charge in [-0.1, -0.05) is 6.08 Å². The summed E-state index contributed by atoms with van der Waals surface area (Å²) in [6, 6.07) is 0. The van der Waals surface area contributed by atoms with Crippen LogP contribution in [0.2, 0.25) is 0 Å². The summed E-state index contributed by atoms with van der Waals surface area (Å²) < 4.78 is 0. The monoisotopic (exact) mass is 109 g/mol. The highest BCUT2D eigenvalue weighted by atomic mass is 16.1. The zero-order chi connectivity index (χ0) is 5.82. The fraction of sp³-hybridized carbons (Fsp3) is 0.333. The third-order valence-electron chi connectivity index (χ3n) is 1.07. The van der Waals surface area contributed by atoms with Gasteiger partial charge in [0, 0.05) is 12.6 Å². The summed E-state index contributed by atoms with van der Waals surface area (Å²) in [7, 11) is 0. The van der Waals surface area contributed by atoms with Crippen molar-refractivity contribution < 1.29 is 4.79 Å². The van der Waals surface area contributed by atoms with E-state index < -0.39 is 0 Å². The average molecular weight is 109 g/mol. The number of aldehydes is 1. The highest BCUT2D eigenvalue weighted by Crippen LogP contribution is 1.98. The normalized spacial score (nSPS) is 17.8. The van der Waals surface area contributed by atoms with Gasteiger partial charge in [0.15, 0.2) is 0 Å². The molecule has 2 nitrogen and oxygen atoms in total. The molecule has 0 fully saturated rings. The molecule has 0 unspecified atom stereocenters. The maximum absolute atomic E-state index is 10.0. The highest BCUT2D eigenvalue weighted by molar-refractivity contribution is 5.81. The van der Waals surface area contributed by atoms with Crippen molar-refractivity contribution in [1.82, 2.24) is 0 Å². The van der Waals surface area contributed by atoms with E-state index in [1.54, 1.807) is 6.21 Å². The summed E-state index contributed by atoms with van der Waals surface area (Å²) in [4.78, 5) is 13.9. The van der Waals surface area contributed by atoms with Crippen molar-refractivity contribution >= 4 is 12.5 Å². The van der Waals surface area contributed by atoms with Crippen LogP contribution < -0.4 is 0 Å². The van der Waals surface area contributed by atoms with Gasteiger partial charge in [0.25, 0.3) is 0 Å². The molecule has 0 bridgehead atoms. The molecule has 0 radical (unpaired) electrons. The molecule has 1 aliphatic rings. The predicted molar refractivity (Wildman–Crippen MR) is 32.1 cm³/mol. The van der Waals surface area contributed by atoms with Crippen LogP contribution in [0.5, 0.6) is 0 Å². The Kier molecular flexibility index (Phi) is 1.57. The van der Waals surface area contributed by atoms with Crippen molar-refractivity contribution in [2.24, 2.45) is 4.99 Å². The van der Waals surface area contributed by atoms with Gasteiger partial charge in [-0.2, -0.15) is 0 Å². The van der Waals surface area contributed by atoms with Gasteiger partial charge in [-0.25, -0.2) is 0 Å². The summed E-state index contributed by atoms with van der Waals surface area (Å²) in [5, 5.41) is 0. The summed E-state index contributed by atoms with van der Waals surface area (Å²) in [6.07, 6.45) is 5.20. The quantitative estimate of drug-likeness (QED) is 0.453. The lowest BCUT2D eigenvalue weighted by Gasteiger charge is -1.96. The van der Waals surface area contributed by atoms with E-state index >= 15 is 0 Å². The average Bonchev–Trinajstić information content (AvgIpc) is 1.90. The smallest absolute Gasteiger partial charge is 0.146 e. The van der Waals surface area contributed by atoms with Crippen molar-refractivity contribution in [1.29, 1.82) is 0 Å². The lowest BCUT2D eigenvalue weighted by Crippen LogP contribution is -1.93. The van der Waals surface area contributed by atoms with Gasteiger partial charge in [-0.05, 0) is 5.57 Å². The SMILES string of the molecule is O=CC1=CCN=CC1. The van der Waals surface area contributed by atoms with Crippen LogP contribution in [-0.2, 0) is 4.79 Å². The van der Waals surface area contributed by atoms with E-state index in [0.29, 0.717) is 13.0 Å². The number of hydrogen-bond donors (Lipinski definition) is 0. The topological polar surface area (TPSA) is 29.4 Å². The fourth-order valence-electron chi connectivity index (χ4n) is 0.594.